The summed E-state index contributed by atoms with van der Waals surface area (Å²) < 4.78 is 2.39. The van der Waals surface area contributed by atoms with E-state index in [4.69, 9.17) is 9.97 Å². The van der Waals surface area contributed by atoms with Crippen molar-refractivity contribution in [3.8, 4) is 61.8 Å². The first kappa shape index (κ1) is 39.5. The van der Waals surface area contributed by atoms with Crippen LogP contribution in [0.4, 0.5) is 17.1 Å². The van der Waals surface area contributed by atoms with E-state index in [2.05, 4.69) is 218 Å². The van der Waals surface area contributed by atoms with E-state index in [0.717, 1.165) is 56.7 Å². The lowest BCUT2D eigenvalue weighted by molar-refractivity contribution is 1.18. The van der Waals surface area contributed by atoms with Crippen LogP contribution in [0, 0.1) is 20.8 Å². The molecule has 4 nitrogen and oxygen atoms in total. The van der Waals surface area contributed by atoms with Crippen LogP contribution in [0.3, 0.4) is 0 Å². The largest absolute Gasteiger partial charge is 0.310 e. The standard InChI is InChI=1S/C61H46N4/c1-41-18-29-50(30-19-41)64(51-31-20-42(2)21-32-51)53-35-37-60-56(39-53)55-16-10-11-17-59(55)65(60)52-33-26-45(27-34-52)44-22-24-46(25-23-44)54-36-28-49(38-43(54)3)58-40-57(47-12-6-4-7-13-47)62-61(63-58)48-14-8-5-9-15-48/h4-40H,1-3H3. The molecule has 0 saturated carbocycles. The molecule has 0 bridgehead atoms. The van der Waals surface area contributed by atoms with Crippen molar-refractivity contribution in [2.45, 2.75) is 20.8 Å². The fraction of sp³-hybridized carbons (Fsp3) is 0.0492. The predicted molar refractivity (Wildman–Crippen MR) is 272 cm³/mol. The first-order chi connectivity index (χ1) is 31.9. The molecule has 4 heteroatoms. The van der Waals surface area contributed by atoms with Gasteiger partial charge < -0.3 is 9.47 Å². The molecule has 0 aliphatic carbocycles. The van der Waals surface area contributed by atoms with E-state index in [1.54, 1.807) is 0 Å². The Morgan fingerprint density at radius 2 is 0.862 bits per heavy atom. The van der Waals surface area contributed by atoms with Gasteiger partial charge in [-0.15, -0.1) is 0 Å². The third kappa shape index (κ3) is 7.66. The molecule has 0 atom stereocenters. The number of nitrogens with zero attached hydrogens (tertiary/aromatic N) is 4. The molecule has 0 unspecified atom stereocenters. The maximum Gasteiger partial charge on any atom is 0.160 e. The first-order valence-electron chi connectivity index (χ1n) is 22.2. The van der Waals surface area contributed by atoms with Crippen molar-refractivity contribution in [1.29, 1.82) is 0 Å². The number of para-hydroxylation sites is 1. The number of aryl methyl sites for hydroxylation is 3. The lowest BCUT2D eigenvalue weighted by Gasteiger charge is -2.26. The molecule has 0 aliphatic heterocycles. The van der Waals surface area contributed by atoms with Gasteiger partial charge in [-0.3, -0.25) is 0 Å². The zero-order chi connectivity index (χ0) is 43.9. The Hall–Kier alpha value is -8.34. The van der Waals surface area contributed by atoms with Crippen molar-refractivity contribution in [1.82, 2.24) is 14.5 Å². The van der Waals surface area contributed by atoms with E-state index >= 15 is 0 Å². The number of fused-ring (bicyclic) bond motifs is 3. The third-order valence-corrected chi connectivity index (χ3v) is 12.5. The molecule has 11 aromatic rings. The fourth-order valence-electron chi connectivity index (χ4n) is 9.07. The van der Waals surface area contributed by atoms with Gasteiger partial charge in [-0.05, 0) is 121 Å². The smallest absolute Gasteiger partial charge is 0.160 e. The van der Waals surface area contributed by atoms with E-state index in [-0.39, 0.29) is 0 Å². The van der Waals surface area contributed by atoms with E-state index in [1.807, 2.05) is 36.4 Å². The zero-order valence-corrected chi connectivity index (χ0v) is 36.7. The Bertz CT molecular complexity index is 3360. The van der Waals surface area contributed by atoms with Gasteiger partial charge >= 0.3 is 0 Å². The van der Waals surface area contributed by atoms with Crippen LogP contribution in [-0.4, -0.2) is 14.5 Å². The normalized spacial score (nSPS) is 11.3. The molecular weight excluding hydrogens is 789 g/mol. The van der Waals surface area contributed by atoms with Gasteiger partial charge in [-0.1, -0.05) is 163 Å². The monoisotopic (exact) mass is 834 g/mol. The second-order valence-corrected chi connectivity index (χ2v) is 16.9. The maximum atomic E-state index is 5.06. The number of benzene rings is 9. The SMILES string of the molecule is Cc1ccc(N(c2ccc(C)cc2)c2ccc3c(c2)c2ccccc2n3-c2ccc(-c3ccc(-c4ccc(-c5cc(-c6ccccc6)nc(-c6ccccc6)n5)cc4C)cc3)cc2)cc1. The van der Waals surface area contributed by atoms with Gasteiger partial charge in [0.25, 0.3) is 0 Å². The molecule has 0 aliphatic rings. The number of hydrogen-bond donors (Lipinski definition) is 0. The molecule has 0 radical (unpaired) electrons. The Kier molecular flexibility index (Phi) is 10.2. The van der Waals surface area contributed by atoms with Gasteiger partial charge in [0.1, 0.15) is 0 Å². The summed E-state index contributed by atoms with van der Waals surface area (Å²) >= 11 is 0. The van der Waals surface area contributed by atoms with Crippen LogP contribution in [0.5, 0.6) is 0 Å². The van der Waals surface area contributed by atoms with E-state index in [1.165, 1.54) is 60.8 Å². The highest BCUT2D eigenvalue weighted by Crippen LogP contribution is 2.40. The molecular formula is C61H46N4. The molecule has 2 aromatic heterocycles. The van der Waals surface area contributed by atoms with Crippen LogP contribution in [0.25, 0.3) is 83.6 Å². The molecule has 0 amide bonds. The zero-order valence-electron chi connectivity index (χ0n) is 36.7. The van der Waals surface area contributed by atoms with Crippen molar-refractivity contribution in [3.05, 3.63) is 241 Å². The van der Waals surface area contributed by atoms with Crippen molar-refractivity contribution >= 4 is 38.9 Å². The molecule has 310 valence electrons. The molecule has 2 heterocycles. The van der Waals surface area contributed by atoms with Gasteiger partial charge in [-0.2, -0.15) is 0 Å². The van der Waals surface area contributed by atoms with Crippen molar-refractivity contribution in [3.63, 3.8) is 0 Å². The van der Waals surface area contributed by atoms with Gasteiger partial charge in [0.15, 0.2) is 5.82 Å². The van der Waals surface area contributed by atoms with Crippen LogP contribution >= 0.6 is 0 Å². The van der Waals surface area contributed by atoms with E-state index in [0.29, 0.717) is 0 Å². The first-order valence-corrected chi connectivity index (χ1v) is 22.2. The molecule has 0 fully saturated rings. The van der Waals surface area contributed by atoms with Crippen LogP contribution in [0.2, 0.25) is 0 Å². The van der Waals surface area contributed by atoms with Gasteiger partial charge in [0, 0.05) is 50.2 Å². The lowest BCUT2D eigenvalue weighted by Crippen LogP contribution is -2.09. The summed E-state index contributed by atoms with van der Waals surface area (Å²) in [4.78, 5) is 12.4. The summed E-state index contributed by atoms with van der Waals surface area (Å²) in [6.45, 7) is 6.45. The van der Waals surface area contributed by atoms with Gasteiger partial charge in [-0.25, -0.2) is 9.97 Å². The quantitative estimate of drug-likeness (QED) is 0.145. The minimum atomic E-state index is 0.719. The molecule has 0 N–H and O–H groups in total. The average molecular weight is 835 g/mol. The van der Waals surface area contributed by atoms with E-state index < -0.39 is 0 Å². The van der Waals surface area contributed by atoms with Crippen LogP contribution in [-0.2, 0) is 0 Å². The number of hydrogen-bond acceptors (Lipinski definition) is 3. The predicted octanol–water partition coefficient (Wildman–Crippen LogP) is 16.3. The molecule has 0 saturated heterocycles. The average Bonchev–Trinajstić information content (AvgIpc) is 3.69. The summed E-state index contributed by atoms with van der Waals surface area (Å²) in [7, 11) is 0. The highest BCUT2D eigenvalue weighted by atomic mass is 15.1. The topological polar surface area (TPSA) is 34.0 Å². The molecule has 11 rings (SSSR count). The number of aromatic nitrogens is 3. The van der Waals surface area contributed by atoms with Gasteiger partial charge in [0.05, 0.1) is 22.4 Å². The summed E-state index contributed by atoms with van der Waals surface area (Å²) in [5.74, 6) is 0.719. The van der Waals surface area contributed by atoms with Gasteiger partial charge in [0.2, 0.25) is 0 Å². The summed E-state index contributed by atoms with van der Waals surface area (Å²) in [5.41, 5.74) is 20.2. The van der Waals surface area contributed by atoms with Crippen LogP contribution in [0.15, 0.2) is 224 Å². The highest BCUT2D eigenvalue weighted by molar-refractivity contribution is 6.10. The Morgan fingerprint density at radius 1 is 0.354 bits per heavy atom. The summed E-state index contributed by atoms with van der Waals surface area (Å²) in [6.07, 6.45) is 0. The molecule has 0 spiro atoms. The molecule has 65 heavy (non-hydrogen) atoms. The molecule has 9 aromatic carbocycles. The fourth-order valence-corrected chi connectivity index (χ4v) is 9.07. The highest BCUT2D eigenvalue weighted by Gasteiger charge is 2.18. The van der Waals surface area contributed by atoms with Crippen molar-refractivity contribution in [2.75, 3.05) is 4.90 Å². The second kappa shape index (κ2) is 16.7. The third-order valence-electron chi connectivity index (χ3n) is 12.5. The summed E-state index contributed by atoms with van der Waals surface area (Å²) in [6, 6.07) is 80.4. The second-order valence-electron chi connectivity index (χ2n) is 16.9. The minimum absolute atomic E-state index is 0.719. The van der Waals surface area contributed by atoms with Crippen LogP contribution < -0.4 is 4.90 Å². The summed E-state index contributed by atoms with van der Waals surface area (Å²) in [5, 5.41) is 2.45. The number of anilines is 3. The minimum Gasteiger partial charge on any atom is -0.310 e. The Balaban J connectivity index is 0.885. The Labute approximate surface area is 380 Å². The van der Waals surface area contributed by atoms with Crippen molar-refractivity contribution < 1.29 is 0 Å². The number of rotatable bonds is 9. The van der Waals surface area contributed by atoms with Crippen LogP contribution in [0.1, 0.15) is 16.7 Å². The van der Waals surface area contributed by atoms with E-state index in [9.17, 15) is 0 Å². The lowest BCUT2D eigenvalue weighted by atomic mass is 9.95. The van der Waals surface area contributed by atoms with Crippen molar-refractivity contribution in [2.24, 2.45) is 0 Å². The maximum absolute atomic E-state index is 5.06. The Morgan fingerprint density at radius 3 is 1.49 bits per heavy atom.